The van der Waals surface area contributed by atoms with Crippen LogP contribution < -0.4 is 10.2 Å². The first-order valence-corrected chi connectivity index (χ1v) is 12.0. The van der Waals surface area contributed by atoms with E-state index in [0.29, 0.717) is 41.8 Å². The summed E-state index contributed by atoms with van der Waals surface area (Å²) < 4.78 is 44.2. The molecular weight excluding hydrogens is 520 g/mol. The van der Waals surface area contributed by atoms with Crippen molar-refractivity contribution in [2.45, 2.75) is 43.9 Å². The van der Waals surface area contributed by atoms with Crippen LogP contribution in [0, 0.1) is 0 Å². The number of fused-ring (bicyclic) bond motifs is 1. The Kier molecular flexibility index (Phi) is 6.96. The van der Waals surface area contributed by atoms with Crippen molar-refractivity contribution in [3.8, 4) is 0 Å². The number of nitrogens with zero attached hydrogens (tertiary/aromatic N) is 3. The number of pyridine rings is 1. The molecule has 5 nitrogen and oxygen atoms in total. The van der Waals surface area contributed by atoms with E-state index in [4.69, 9.17) is 34.8 Å². The monoisotopic (exact) mass is 536 g/mol. The fraction of sp³-hybridized carbons (Fsp3) is 0.381. The Labute approximate surface area is 207 Å². The van der Waals surface area contributed by atoms with Crippen LogP contribution in [0.15, 0.2) is 24.3 Å². The standard InChI is InChI=1S/C21H18Cl3F3N4OS/c1-31(15-9-16(21(25,26)27)29-14-7-2-10(22)8-13(14)15)12-5-3-11(4-6-12)28-20(32)18-17(23)19(24)30-33-18/h2,7-9,11-12H,3-6H2,1H3,(H,28,32)/t11-,12+. The summed E-state index contributed by atoms with van der Waals surface area (Å²) in [6.45, 7) is 0. The summed E-state index contributed by atoms with van der Waals surface area (Å²) in [7, 11) is 1.78. The van der Waals surface area contributed by atoms with Crippen molar-refractivity contribution in [3.05, 3.63) is 50.0 Å². The van der Waals surface area contributed by atoms with Gasteiger partial charge in [-0.1, -0.05) is 34.8 Å². The fourth-order valence-corrected chi connectivity index (χ4v) is 5.36. The number of anilines is 1. The number of hydrogen-bond acceptors (Lipinski definition) is 5. The van der Waals surface area contributed by atoms with E-state index >= 15 is 0 Å². The number of benzene rings is 1. The molecule has 176 valence electrons. The summed E-state index contributed by atoms with van der Waals surface area (Å²) in [5.74, 6) is -0.328. The number of rotatable bonds is 4. The maximum Gasteiger partial charge on any atom is 0.433 e. The van der Waals surface area contributed by atoms with E-state index in [-0.39, 0.29) is 38.6 Å². The molecule has 1 amide bonds. The van der Waals surface area contributed by atoms with Gasteiger partial charge >= 0.3 is 6.18 Å². The van der Waals surface area contributed by atoms with E-state index in [1.165, 1.54) is 12.1 Å². The summed E-state index contributed by atoms with van der Waals surface area (Å²) in [5.41, 5.74) is -0.286. The minimum absolute atomic E-state index is 0.00902. The second-order valence-electron chi connectivity index (χ2n) is 7.89. The highest BCUT2D eigenvalue weighted by Gasteiger charge is 2.35. The van der Waals surface area contributed by atoms with Crippen LogP contribution in [0.1, 0.15) is 41.0 Å². The van der Waals surface area contributed by atoms with E-state index in [1.807, 2.05) is 4.90 Å². The first-order valence-electron chi connectivity index (χ1n) is 10.1. The van der Waals surface area contributed by atoms with Gasteiger partial charge in [0, 0.05) is 35.2 Å². The van der Waals surface area contributed by atoms with Crippen molar-refractivity contribution in [1.82, 2.24) is 14.7 Å². The van der Waals surface area contributed by atoms with Crippen LogP contribution in [0.25, 0.3) is 10.9 Å². The molecule has 1 aliphatic rings. The van der Waals surface area contributed by atoms with Crippen LogP contribution in [0.4, 0.5) is 18.9 Å². The Hall–Kier alpha value is -1.81. The third-order valence-corrected chi connectivity index (χ3v) is 7.83. The Morgan fingerprint density at radius 1 is 1.15 bits per heavy atom. The number of carbonyl (C=O) groups is 1. The molecule has 1 fully saturated rings. The van der Waals surface area contributed by atoms with E-state index in [1.54, 1.807) is 13.1 Å². The van der Waals surface area contributed by atoms with Crippen LogP contribution in [0.2, 0.25) is 15.2 Å². The summed E-state index contributed by atoms with van der Waals surface area (Å²) >= 11 is 18.9. The molecule has 4 rings (SSSR count). The highest BCUT2D eigenvalue weighted by molar-refractivity contribution is 7.09. The zero-order valence-electron chi connectivity index (χ0n) is 17.2. The summed E-state index contributed by atoms with van der Waals surface area (Å²) in [5, 5.41) is 4.16. The van der Waals surface area contributed by atoms with Gasteiger partial charge in [0.2, 0.25) is 0 Å². The molecule has 1 saturated carbocycles. The van der Waals surface area contributed by atoms with Crippen LogP contribution in [0.5, 0.6) is 0 Å². The SMILES string of the molecule is CN(c1cc(C(F)(F)F)nc2ccc(Cl)cc12)[C@H]1CC[C@@H](NC(=O)c2snc(Cl)c2Cl)CC1. The van der Waals surface area contributed by atoms with Gasteiger partial charge in [0.1, 0.15) is 15.6 Å². The molecular formula is C21H18Cl3F3N4OS. The number of alkyl halides is 3. The second-order valence-corrected chi connectivity index (χ2v) is 9.84. The lowest BCUT2D eigenvalue weighted by atomic mass is 9.89. The lowest BCUT2D eigenvalue weighted by Crippen LogP contribution is -2.43. The molecule has 0 spiro atoms. The quantitative estimate of drug-likeness (QED) is 0.395. The normalized spacial score (nSPS) is 19.0. The molecule has 12 heteroatoms. The van der Waals surface area contributed by atoms with Gasteiger partial charge in [-0.3, -0.25) is 4.79 Å². The number of carbonyl (C=O) groups excluding carboxylic acids is 1. The summed E-state index contributed by atoms with van der Waals surface area (Å²) in [6, 6.07) is 5.64. The molecule has 2 heterocycles. The van der Waals surface area contributed by atoms with Crippen LogP contribution in [0.3, 0.4) is 0 Å². The molecule has 0 bridgehead atoms. The fourth-order valence-electron chi connectivity index (χ4n) is 4.07. The number of amides is 1. The van der Waals surface area contributed by atoms with Gasteiger partial charge in [-0.05, 0) is 61.5 Å². The summed E-state index contributed by atoms with van der Waals surface area (Å²) in [4.78, 5) is 18.4. The largest absolute Gasteiger partial charge is 0.433 e. The molecule has 1 aromatic carbocycles. The molecule has 0 atom stereocenters. The highest BCUT2D eigenvalue weighted by Crippen LogP contribution is 2.37. The maximum atomic E-state index is 13.5. The smallest absolute Gasteiger partial charge is 0.371 e. The van der Waals surface area contributed by atoms with Crippen molar-refractivity contribution < 1.29 is 18.0 Å². The number of nitrogens with one attached hydrogen (secondary N) is 1. The first-order chi connectivity index (χ1) is 15.5. The Morgan fingerprint density at radius 2 is 1.85 bits per heavy atom. The van der Waals surface area contributed by atoms with Crippen molar-refractivity contribution in [2.75, 3.05) is 11.9 Å². The minimum Gasteiger partial charge on any atom is -0.371 e. The lowest BCUT2D eigenvalue weighted by molar-refractivity contribution is -0.140. The Bertz CT molecular complexity index is 1200. The molecule has 0 saturated heterocycles. The van der Waals surface area contributed by atoms with Gasteiger partial charge in [-0.2, -0.15) is 17.5 Å². The van der Waals surface area contributed by atoms with Crippen molar-refractivity contribution in [3.63, 3.8) is 0 Å². The third-order valence-electron chi connectivity index (χ3n) is 5.80. The minimum atomic E-state index is -4.56. The zero-order chi connectivity index (χ0) is 23.9. The van der Waals surface area contributed by atoms with Crippen molar-refractivity contribution >= 4 is 68.8 Å². The summed E-state index contributed by atoms with van der Waals surface area (Å²) in [6.07, 6.45) is -1.86. The average Bonchev–Trinajstić information content (AvgIpc) is 3.10. The van der Waals surface area contributed by atoms with Gasteiger partial charge in [-0.25, -0.2) is 4.98 Å². The van der Waals surface area contributed by atoms with E-state index < -0.39 is 11.9 Å². The molecule has 1 N–H and O–H groups in total. The molecule has 33 heavy (non-hydrogen) atoms. The van der Waals surface area contributed by atoms with E-state index in [2.05, 4.69) is 14.7 Å². The third kappa shape index (κ3) is 5.16. The van der Waals surface area contributed by atoms with E-state index in [0.717, 1.165) is 17.6 Å². The maximum absolute atomic E-state index is 13.5. The van der Waals surface area contributed by atoms with Crippen LogP contribution in [-0.4, -0.2) is 34.4 Å². The molecule has 1 aliphatic carbocycles. The average molecular weight is 538 g/mol. The van der Waals surface area contributed by atoms with Gasteiger partial charge < -0.3 is 10.2 Å². The molecule has 0 radical (unpaired) electrons. The van der Waals surface area contributed by atoms with Crippen molar-refractivity contribution in [1.29, 1.82) is 0 Å². The van der Waals surface area contributed by atoms with Gasteiger partial charge in [0.05, 0.1) is 5.52 Å². The highest BCUT2D eigenvalue weighted by atomic mass is 35.5. The topological polar surface area (TPSA) is 58.1 Å². The lowest BCUT2D eigenvalue weighted by Gasteiger charge is -2.37. The molecule has 3 aromatic rings. The molecule has 0 unspecified atom stereocenters. The first kappa shape index (κ1) is 24.3. The van der Waals surface area contributed by atoms with Gasteiger partial charge in [-0.15, -0.1) is 0 Å². The number of halogens is 6. The zero-order valence-corrected chi connectivity index (χ0v) is 20.3. The van der Waals surface area contributed by atoms with Gasteiger partial charge in [0.15, 0.2) is 5.15 Å². The van der Waals surface area contributed by atoms with E-state index in [9.17, 15) is 18.0 Å². The van der Waals surface area contributed by atoms with Crippen LogP contribution >= 0.6 is 46.3 Å². The Morgan fingerprint density at radius 3 is 2.45 bits per heavy atom. The van der Waals surface area contributed by atoms with Crippen LogP contribution in [-0.2, 0) is 6.18 Å². The van der Waals surface area contributed by atoms with Crippen molar-refractivity contribution in [2.24, 2.45) is 0 Å². The molecule has 2 aromatic heterocycles. The molecule has 0 aliphatic heterocycles. The predicted octanol–water partition coefficient (Wildman–Crippen LogP) is 6.85. The second kappa shape index (κ2) is 9.44. The number of hydrogen-bond donors (Lipinski definition) is 1. The predicted molar refractivity (Wildman–Crippen MR) is 126 cm³/mol. The number of aromatic nitrogens is 2. The Balaban J connectivity index is 1.50. The van der Waals surface area contributed by atoms with Gasteiger partial charge in [0.25, 0.3) is 5.91 Å².